The molecule has 0 bridgehead atoms. The van der Waals surface area contributed by atoms with Crippen LogP contribution in [0.2, 0.25) is 0 Å². The van der Waals surface area contributed by atoms with Crippen molar-refractivity contribution in [3.63, 3.8) is 0 Å². The smallest absolute Gasteiger partial charge is 0.410 e. The van der Waals surface area contributed by atoms with Gasteiger partial charge in [0, 0.05) is 51.8 Å². The zero-order chi connectivity index (χ0) is 27.3. The summed E-state index contributed by atoms with van der Waals surface area (Å²) in [7, 11) is 1.79. The van der Waals surface area contributed by atoms with E-state index in [0.717, 1.165) is 57.9 Å². The van der Waals surface area contributed by atoms with Gasteiger partial charge in [-0.05, 0) is 75.6 Å². The van der Waals surface area contributed by atoms with Gasteiger partial charge in [-0.1, -0.05) is 30.3 Å². The lowest BCUT2D eigenvalue weighted by Crippen LogP contribution is -2.64. The monoisotopic (exact) mass is 635 g/mol. The molecule has 208 valence electrons. The molecule has 0 unspecified atom stereocenters. The van der Waals surface area contributed by atoms with Crippen LogP contribution in [0, 0.1) is 15.9 Å². The molecule has 1 atom stereocenters. The molecule has 2 aliphatic heterocycles. The summed E-state index contributed by atoms with van der Waals surface area (Å²) >= 11 is 2.48. The summed E-state index contributed by atoms with van der Waals surface area (Å²) < 4.78 is 14.8. The average molecular weight is 636 g/mol. The van der Waals surface area contributed by atoms with Gasteiger partial charge < -0.3 is 19.3 Å². The molecule has 1 amide bonds. The third-order valence-electron chi connectivity index (χ3n) is 8.26. The molecular weight excluding hydrogens is 593 g/mol. The molecule has 0 N–H and O–H groups in total. The molecule has 5 rings (SSSR count). The molecule has 38 heavy (non-hydrogen) atoms. The molecule has 1 aromatic heterocycles. The van der Waals surface area contributed by atoms with Crippen LogP contribution in [0.15, 0.2) is 30.3 Å². The minimum absolute atomic E-state index is 0.171. The average Bonchev–Trinajstić information content (AvgIpc) is 3.06. The fourth-order valence-corrected chi connectivity index (χ4v) is 7.18. The molecule has 0 radical (unpaired) electrons. The van der Waals surface area contributed by atoms with E-state index >= 15 is 0 Å². The number of amides is 1. The van der Waals surface area contributed by atoms with E-state index in [4.69, 9.17) is 14.6 Å². The van der Waals surface area contributed by atoms with Crippen LogP contribution in [0.3, 0.4) is 0 Å². The molecule has 1 aromatic carbocycles. The molecule has 2 aromatic rings. The second-order valence-electron chi connectivity index (χ2n) is 12.8. The summed E-state index contributed by atoms with van der Waals surface area (Å²) in [6.07, 6.45) is 1.93. The number of carbonyl (C=O) groups excluding carboxylic acids is 1. The predicted molar refractivity (Wildman–Crippen MR) is 158 cm³/mol. The number of halogens is 1. The minimum atomic E-state index is -0.453. The van der Waals surface area contributed by atoms with Gasteiger partial charge in [-0.2, -0.15) is 5.10 Å². The first-order valence-corrected chi connectivity index (χ1v) is 14.8. The van der Waals surface area contributed by atoms with Crippen molar-refractivity contribution in [3.05, 3.63) is 45.2 Å². The highest BCUT2D eigenvalue weighted by molar-refractivity contribution is 14.1. The van der Waals surface area contributed by atoms with Gasteiger partial charge in [0.05, 0.1) is 27.5 Å². The lowest BCUT2D eigenvalue weighted by Gasteiger charge is -2.58. The lowest BCUT2D eigenvalue weighted by atomic mass is 9.61. The normalized spacial score (nSPS) is 23.9. The van der Waals surface area contributed by atoms with E-state index in [1.165, 1.54) is 14.8 Å². The van der Waals surface area contributed by atoms with E-state index < -0.39 is 5.60 Å². The number of rotatable bonds is 6. The van der Waals surface area contributed by atoms with Crippen molar-refractivity contribution in [3.8, 4) is 0 Å². The molecule has 3 fully saturated rings. The highest BCUT2D eigenvalue weighted by Gasteiger charge is 2.55. The first-order valence-electron chi connectivity index (χ1n) is 13.7. The molecule has 1 saturated carbocycles. The largest absolute Gasteiger partial charge is 0.444 e. The number of methoxy groups -OCH3 is 1. The molecule has 9 heteroatoms. The van der Waals surface area contributed by atoms with E-state index in [9.17, 15) is 4.79 Å². The van der Waals surface area contributed by atoms with E-state index in [2.05, 4.69) is 81.3 Å². The molecule has 3 heterocycles. The van der Waals surface area contributed by atoms with E-state index in [0.29, 0.717) is 12.6 Å². The zero-order valence-electron chi connectivity index (χ0n) is 23.7. The number of anilines is 1. The molecular formula is C29H42IN5O3. The van der Waals surface area contributed by atoms with Crippen molar-refractivity contribution in [1.82, 2.24) is 19.6 Å². The van der Waals surface area contributed by atoms with E-state index in [1.54, 1.807) is 7.11 Å². The second-order valence-corrected chi connectivity index (χ2v) is 13.9. The molecule has 3 aliphatic rings. The first kappa shape index (κ1) is 27.7. The summed E-state index contributed by atoms with van der Waals surface area (Å²) in [5, 5.41) is 5.22. The molecule has 1 spiro atoms. The maximum absolute atomic E-state index is 12.4. The van der Waals surface area contributed by atoms with Gasteiger partial charge in [-0.25, -0.2) is 4.79 Å². The Hall–Kier alpha value is -1.85. The number of hydrogen-bond donors (Lipinski definition) is 0. The van der Waals surface area contributed by atoms with Crippen molar-refractivity contribution >= 4 is 34.5 Å². The van der Waals surface area contributed by atoms with Gasteiger partial charge in [-0.3, -0.25) is 9.58 Å². The van der Waals surface area contributed by atoms with Crippen molar-refractivity contribution in [2.75, 3.05) is 51.3 Å². The summed E-state index contributed by atoms with van der Waals surface area (Å²) in [5.74, 6) is 1.08. The second kappa shape index (κ2) is 10.3. The molecule has 8 nitrogen and oxygen atoms in total. The van der Waals surface area contributed by atoms with Gasteiger partial charge in [0.15, 0.2) is 5.82 Å². The summed E-state index contributed by atoms with van der Waals surface area (Å²) in [5.41, 5.74) is 2.17. The number of likely N-dealkylation sites (tertiary alicyclic amines) is 1. The summed E-state index contributed by atoms with van der Waals surface area (Å²) in [6.45, 7) is 16.2. The summed E-state index contributed by atoms with van der Waals surface area (Å²) in [6, 6.07) is 11.1. The quantitative estimate of drug-likeness (QED) is 0.412. The number of hydrogen-bond acceptors (Lipinski definition) is 6. The van der Waals surface area contributed by atoms with Gasteiger partial charge in [0.2, 0.25) is 0 Å². The minimum Gasteiger partial charge on any atom is -0.444 e. The van der Waals surface area contributed by atoms with Crippen LogP contribution in [0.5, 0.6) is 0 Å². The molecule has 1 aliphatic carbocycles. The SMILES string of the molecule is COC[C@@]1(C)CN(Cc2ccccc2)CCN1c1nn(C2CC3(C2)CN(C(=O)OC(C)(C)C)C3)c(C)c1I. The van der Waals surface area contributed by atoms with Crippen LogP contribution >= 0.6 is 22.6 Å². The number of benzene rings is 1. The van der Waals surface area contributed by atoms with Crippen molar-refractivity contribution < 1.29 is 14.3 Å². The number of carbonyl (C=O) groups is 1. The first-order chi connectivity index (χ1) is 17.9. The Balaban J connectivity index is 1.25. The Morgan fingerprint density at radius 2 is 1.82 bits per heavy atom. The van der Waals surface area contributed by atoms with Crippen molar-refractivity contribution in [2.24, 2.45) is 5.41 Å². The van der Waals surface area contributed by atoms with Crippen LogP contribution in [-0.2, 0) is 16.0 Å². The maximum atomic E-state index is 12.4. The Morgan fingerprint density at radius 3 is 2.45 bits per heavy atom. The third-order valence-corrected chi connectivity index (χ3v) is 9.53. The van der Waals surface area contributed by atoms with Gasteiger partial charge in [0.25, 0.3) is 0 Å². The number of ether oxygens (including phenoxy) is 2. The van der Waals surface area contributed by atoms with Crippen LogP contribution in [0.1, 0.15) is 57.8 Å². The van der Waals surface area contributed by atoms with E-state index in [1.807, 2.05) is 25.7 Å². The van der Waals surface area contributed by atoms with Crippen LogP contribution < -0.4 is 4.90 Å². The predicted octanol–water partition coefficient (Wildman–Crippen LogP) is 5.10. The fraction of sp³-hybridized carbons (Fsp3) is 0.655. The topological polar surface area (TPSA) is 63.1 Å². The van der Waals surface area contributed by atoms with Gasteiger partial charge in [0.1, 0.15) is 5.60 Å². The van der Waals surface area contributed by atoms with Crippen LogP contribution in [0.25, 0.3) is 0 Å². The Bertz CT molecular complexity index is 1150. The Kier molecular flexibility index (Phi) is 7.49. The molecule has 2 saturated heterocycles. The van der Waals surface area contributed by atoms with E-state index in [-0.39, 0.29) is 17.0 Å². The van der Waals surface area contributed by atoms with Gasteiger partial charge in [-0.15, -0.1) is 0 Å². The highest BCUT2D eigenvalue weighted by atomic mass is 127. The fourth-order valence-electron chi connectivity index (χ4n) is 6.53. The zero-order valence-corrected chi connectivity index (χ0v) is 25.8. The maximum Gasteiger partial charge on any atom is 0.410 e. The van der Waals surface area contributed by atoms with Crippen molar-refractivity contribution in [1.29, 1.82) is 0 Å². The summed E-state index contributed by atoms with van der Waals surface area (Å²) in [4.78, 5) is 19.3. The van der Waals surface area contributed by atoms with Crippen LogP contribution in [-0.4, -0.2) is 83.3 Å². The number of aromatic nitrogens is 2. The Labute approximate surface area is 240 Å². The lowest BCUT2D eigenvalue weighted by molar-refractivity contribution is -0.0931. The third kappa shape index (κ3) is 5.43. The number of nitrogens with zero attached hydrogens (tertiary/aromatic N) is 5. The Morgan fingerprint density at radius 1 is 1.13 bits per heavy atom. The van der Waals surface area contributed by atoms with Gasteiger partial charge >= 0.3 is 6.09 Å². The van der Waals surface area contributed by atoms with Crippen molar-refractivity contribution in [2.45, 2.75) is 71.2 Å². The highest BCUT2D eigenvalue weighted by Crippen LogP contribution is 2.55. The standard InChI is InChI=1S/C29H42IN5O3/c1-21-24(30)25(31-35(21)23-14-29(15-23)18-33(19-29)26(36)38-27(2,3)4)34-13-12-32(17-28(34,5)20-37-6)16-22-10-8-7-9-11-22/h7-11,23H,12-20H2,1-6H3/t28-/m1/s1. The van der Waals surface area contributed by atoms with Crippen LogP contribution in [0.4, 0.5) is 10.6 Å². The number of piperazine rings is 1.